The number of amides is 2. The van der Waals surface area contributed by atoms with Crippen LogP contribution in [0.25, 0.3) is 0 Å². The van der Waals surface area contributed by atoms with Gasteiger partial charge in [-0.2, -0.15) is 0 Å². The number of hydrogen-bond donors (Lipinski definition) is 0. The highest BCUT2D eigenvalue weighted by Crippen LogP contribution is 2.34. The number of benzene rings is 1. The zero-order chi connectivity index (χ0) is 24.8. The number of hydrogen-bond acceptors (Lipinski definition) is 4. The summed E-state index contributed by atoms with van der Waals surface area (Å²) in [5.74, 6) is 1.55. The maximum Gasteiger partial charge on any atom is 0.242 e. The second-order valence-electron chi connectivity index (χ2n) is 10.1. The Hall–Kier alpha value is -2.34. The van der Waals surface area contributed by atoms with Gasteiger partial charge in [0, 0.05) is 24.4 Å². The van der Waals surface area contributed by atoms with Gasteiger partial charge >= 0.3 is 0 Å². The van der Waals surface area contributed by atoms with E-state index in [0.29, 0.717) is 32.0 Å². The second kappa shape index (κ2) is 11.9. The van der Waals surface area contributed by atoms with Gasteiger partial charge in [0.05, 0.1) is 12.6 Å². The van der Waals surface area contributed by atoms with E-state index < -0.39 is 0 Å². The Kier molecular flexibility index (Phi) is 9.17. The molecule has 2 aromatic rings. The van der Waals surface area contributed by atoms with Gasteiger partial charge in [-0.3, -0.25) is 9.59 Å². The van der Waals surface area contributed by atoms with Crippen LogP contribution >= 0.6 is 11.3 Å². The second-order valence-corrected chi connectivity index (χ2v) is 11.1. The molecule has 1 aliphatic rings. The van der Waals surface area contributed by atoms with E-state index in [4.69, 9.17) is 4.74 Å². The molecule has 5 nitrogen and oxygen atoms in total. The van der Waals surface area contributed by atoms with Gasteiger partial charge in [0.2, 0.25) is 11.8 Å². The molecule has 0 bridgehead atoms. The molecule has 2 amide bonds. The molecule has 0 saturated carbocycles. The van der Waals surface area contributed by atoms with Crippen molar-refractivity contribution in [2.75, 3.05) is 26.2 Å². The summed E-state index contributed by atoms with van der Waals surface area (Å²) in [6.07, 6.45) is 2.30. The first-order valence-electron chi connectivity index (χ1n) is 12.5. The van der Waals surface area contributed by atoms with Crippen molar-refractivity contribution < 1.29 is 14.3 Å². The largest absolute Gasteiger partial charge is 0.491 e. The average Bonchev–Trinajstić information content (AvgIpc) is 3.26. The number of ether oxygens (including phenoxy) is 1. The van der Waals surface area contributed by atoms with Crippen LogP contribution in [0, 0.1) is 25.7 Å². The number of thiophene rings is 1. The monoisotopic (exact) mass is 484 g/mol. The van der Waals surface area contributed by atoms with Gasteiger partial charge in [-0.25, -0.2) is 0 Å². The van der Waals surface area contributed by atoms with Crippen molar-refractivity contribution in [1.29, 1.82) is 0 Å². The summed E-state index contributed by atoms with van der Waals surface area (Å²) in [5.41, 5.74) is 3.47. The van der Waals surface area contributed by atoms with E-state index in [1.54, 1.807) is 16.2 Å². The Morgan fingerprint density at radius 3 is 2.65 bits per heavy atom. The van der Waals surface area contributed by atoms with Crippen LogP contribution < -0.4 is 4.74 Å². The highest BCUT2D eigenvalue weighted by atomic mass is 32.1. The first-order valence-corrected chi connectivity index (χ1v) is 13.4. The summed E-state index contributed by atoms with van der Waals surface area (Å²) in [7, 11) is 0. The summed E-state index contributed by atoms with van der Waals surface area (Å²) in [6, 6.07) is 8.15. The van der Waals surface area contributed by atoms with Crippen LogP contribution in [0.5, 0.6) is 5.75 Å². The molecule has 2 heterocycles. The molecule has 0 saturated heterocycles. The number of carbonyl (C=O) groups excluding carboxylic acids is 2. The van der Waals surface area contributed by atoms with E-state index in [0.717, 1.165) is 24.2 Å². The quantitative estimate of drug-likeness (QED) is 0.429. The molecule has 3 rings (SSSR count). The maximum atomic E-state index is 13.6. The lowest BCUT2D eigenvalue weighted by Crippen LogP contribution is -2.48. The Bertz CT molecular complexity index is 984. The van der Waals surface area contributed by atoms with Crippen LogP contribution in [0.4, 0.5) is 0 Å². The van der Waals surface area contributed by atoms with Crippen molar-refractivity contribution >= 4 is 23.2 Å². The molecule has 6 heteroatoms. The van der Waals surface area contributed by atoms with E-state index >= 15 is 0 Å². The molecule has 2 atom stereocenters. The van der Waals surface area contributed by atoms with E-state index in [1.807, 2.05) is 24.8 Å². The summed E-state index contributed by atoms with van der Waals surface area (Å²) >= 11 is 1.75. The van der Waals surface area contributed by atoms with Crippen molar-refractivity contribution in [3.63, 3.8) is 0 Å². The van der Waals surface area contributed by atoms with Gasteiger partial charge in [0.1, 0.15) is 12.4 Å². The predicted molar refractivity (Wildman–Crippen MR) is 139 cm³/mol. The SMILES string of the molecule is CC[C@@H](C)CN(CC(=O)N1CCc2sccc2[C@@H]1COc1ccc(C)cc1C)C(=O)CC(C)C. The molecular weight excluding hydrogens is 444 g/mol. The van der Waals surface area contributed by atoms with Crippen LogP contribution in [-0.4, -0.2) is 47.9 Å². The van der Waals surface area contributed by atoms with Crippen LogP contribution in [0.15, 0.2) is 29.6 Å². The molecule has 34 heavy (non-hydrogen) atoms. The van der Waals surface area contributed by atoms with Crippen molar-refractivity contribution in [2.24, 2.45) is 11.8 Å². The zero-order valence-corrected chi connectivity index (χ0v) is 22.4. The topological polar surface area (TPSA) is 49.9 Å². The molecule has 186 valence electrons. The van der Waals surface area contributed by atoms with Crippen LogP contribution in [0.1, 0.15) is 68.1 Å². The van der Waals surface area contributed by atoms with Crippen LogP contribution in [0.3, 0.4) is 0 Å². The van der Waals surface area contributed by atoms with Crippen molar-refractivity contribution in [2.45, 2.75) is 66.8 Å². The normalized spacial score (nSPS) is 16.3. The molecule has 0 fully saturated rings. The summed E-state index contributed by atoms with van der Waals surface area (Å²) < 4.78 is 6.26. The lowest BCUT2D eigenvalue weighted by atomic mass is 10.00. The third-order valence-corrected chi connectivity index (χ3v) is 7.63. The molecule has 0 aliphatic carbocycles. The smallest absolute Gasteiger partial charge is 0.242 e. The molecule has 1 aromatic heterocycles. The first kappa shape index (κ1) is 26.3. The van der Waals surface area contributed by atoms with Gasteiger partial charge in [-0.15, -0.1) is 11.3 Å². The number of nitrogens with zero attached hydrogens (tertiary/aromatic N) is 2. The fourth-order valence-electron chi connectivity index (χ4n) is 4.50. The highest BCUT2D eigenvalue weighted by Gasteiger charge is 2.33. The standard InChI is InChI=1S/C28H40N2O3S/c1-7-20(4)16-29(27(31)14-19(2)3)17-28(32)30-12-10-26-23(11-13-34-26)24(30)18-33-25-9-8-21(5)15-22(25)6/h8-9,11,13,15,19-20,24H,7,10,12,14,16-18H2,1-6H3/t20-,24+/m1/s1. The number of rotatable bonds is 10. The predicted octanol–water partition coefficient (Wildman–Crippen LogP) is 5.79. The maximum absolute atomic E-state index is 13.6. The average molecular weight is 485 g/mol. The molecular formula is C28H40N2O3S. The Labute approximate surface area is 209 Å². The van der Waals surface area contributed by atoms with Gasteiger partial charge in [-0.05, 0) is 60.7 Å². The van der Waals surface area contributed by atoms with Crippen LogP contribution in [0.2, 0.25) is 0 Å². The fraction of sp³-hybridized carbons (Fsp3) is 0.571. The minimum Gasteiger partial charge on any atom is -0.491 e. The van der Waals surface area contributed by atoms with E-state index in [1.165, 1.54) is 16.0 Å². The van der Waals surface area contributed by atoms with Crippen molar-refractivity contribution in [1.82, 2.24) is 9.80 Å². The number of carbonyl (C=O) groups is 2. The molecule has 0 unspecified atom stereocenters. The summed E-state index contributed by atoms with van der Waals surface area (Å²) in [6.45, 7) is 14.3. The molecule has 1 aromatic carbocycles. The first-order chi connectivity index (χ1) is 16.2. The highest BCUT2D eigenvalue weighted by molar-refractivity contribution is 7.10. The Morgan fingerprint density at radius 2 is 1.97 bits per heavy atom. The minimum absolute atomic E-state index is 0.00601. The van der Waals surface area contributed by atoms with Gasteiger partial charge < -0.3 is 14.5 Å². The van der Waals surface area contributed by atoms with E-state index in [9.17, 15) is 9.59 Å². The van der Waals surface area contributed by atoms with Crippen molar-refractivity contribution in [3.05, 3.63) is 51.2 Å². The van der Waals surface area contributed by atoms with E-state index in [2.05, 4.69) is 51.3 Å². The van der Waals surface area contributed by atoms with Gasteiger partial charge in [-0.1, -0.05) is 51.8 Å². The molecule has 0 radical (unpaired) electrons. The summed E-state index contributed by atoms with van der Waals surface area (Å²) in [5, 5.41) is 2.10. The molecule has 1 aliphatic heterocycles. The van der Waals surface area contributed by atoms with E-state index in [-0.39, 0.29) is 30.3 Å². The Balaban J connectivity index is 1.78. The lowest BCUT2D eigenvalue weighted by Gasteiger charge is -2.37. The minimum atomic E-state index is -0.145. The van der Waals surface area contributed by atoms with Gasteiger partial charge in [0.25, 0.3) is 0 Å². The fourth-order valence-corrected chi connectivity index (χ4v) is 5.43. The number of fused-ring (bicyclic) bond motifs is 1. The molecule has 0 N–H and O–H groups in total. The third-order valence-electron chi connectivity index (χ3n) is 6.63. The van der Waals surface area contributed by atoms with Crippen LogP contribution in [-0.2, 0) is 16.0 Å². The third kappa shape index (κ3) is 6.62. The summed E-state index contributed by atoms with van der Waals surface area (Å²) in [4.78, 5) is 31.6. The lowest BCUT2D eigenvalue weighted by molar-refractivity contribution is -0.143. The Morgan fingerprint density at radius 1 is 1.21 bits per heavy atom. The number of aryl methyl sites for hydroxylation is 2. The van der Waals surface area contributed by atoms with Gasteiger partial charge in [0.15, 0.2) is 0 Å². The zero-order valence-electron chi connectivity index (χ0n) is 21.6. The molecule has 0 spiro atoms. The van der Waals surface area contributed by atoms with Crippen molar-refractivity contribution in [3.8, 4) is 5.75 Å².